The molecule has 0 aliphatic carbocycles. The van der Waals surface area contributed by atoms with Crippen LogP contribution in [-0.4, -0.2) is 45.1 Å². The number of amides is 3. The van der Waals surface area contributed by atoms with Gasteiger partial charge < -0.3 is 9.72 Å². The number of aryl methyl sites for hydroxylation is 1. The highest BCUT2D eigenvalue weighted by Gasteiger charge is 2.34. The van der Waals surface area contributed by atoms with Crippen LogP contribution in [-0.2, 0) is 11.2 Å². The summed E-state index contributed by atoms with van der Waals surface area (Å²) < 4.78 is 1.95. The molecule has 3 amide bonds. The lowest BCUT2D eigenvalue weighted by Gasteiger charge is -2.13. The van der Waals surface area contributed by atoms with Gasteiger partial charge in [-0.25, -0.2) is 4.98 Å². The van der Waals surface area contributed by atoms with Crippen LogP contribution in [0.4, 0.5) is 0 Å². The van der Waals surface area contributed by atoms with Gasteiger partial charge >= 0.3 is 0 Å². The zero-order valence-corrected chi connectivity index (χ0v) is 15.5. The Hall–Kier alpha value is -3.48. The molecule has 3 heterocycles. The van der Waals surface area contributed by atoms with Crippen molar-refractivity contribution in [3.05, 3.63) is 71.2 Å². The van der Waals surface area contributed by atoms with Crippen molar-refractivity contribution in [2.75, 3.05) is 13.1 Å². The van der Waals surface area contributed by atoms with Gasteiger partial charge in [0.05, 0.1) is 16.8 Å². The summed E-state index contributed by atoms with van der Waals surface area (Å²) in [4.78, 5) is 42.4. The van der Waals surface area contributed by atoms with Gasteiger partial charge in [0.1, 0.15) is 5.65 Å². The van der Waals surface area contributed by atoms with Crippen molar-refractivity contribution in [1.29, 1.82) is 0 Å². The third-order valence-electron chi connectivity index (χ3n) is 4.81. The number of fused-ring (bicyclic) bond motifs is 2. The number of pyridine rings is 1. The van der Waals surface area contributed by atoms with E-state index in [0.29, 0.717) is 24.1 Å². The average Bonchev–Trinajstić information content (AvgIpc) is 3.19. The largest absolute Gasteiger partial charge is 0.356 e. The quantitative estimate of drug-likeness (QED) is 0.667. The van der Waals surface area contributed by atoms with Gasteiger partial charge in [0.25, 0.3) is 11.8 Å². The normalized spacial score (nSPS) is 13.2. The van der Waals surface area contributed by atoms with Crippen LogP contribution >= 0.6 is 0 Å². The molecule has 3 aromatic rings. The third kappa shape index (κ3) is 3.38. The predicted molar refractivity (Wildman–Crippen MR) is 103 cm³/mol. The van der Waals surface area contributed by atoms with Crippen molar-refractivity contribution in [3.63, 3.8) is 0 Å². The zero-order chi connectivity index (χ0) is 19.7. The fraction of sp³-hybridized carbons (Fsp3) is 0.238. The summed E-state index contributed by atoms with van der Waals surface area (Å²) in [6.07, 6.45) is 4.59. The van der Waals surface area contributed by atoms with Gasteiger partial charge in [-0.2, -0.15) is 0 Å². The highest BCUT2D eigenvalue weighted by Crippen LogP contribution is 2.22. The maximum Gasteiger partial charge on any atom is 0.261 e. The summed E-state index contributed by atoms with van der Waals surface area (Å²) in [7, 11) is 0. The maximum absolute atomic E-state index is 12.3. The SMILES string of the molecule is Cc1ccn2cc(CCNC(=O)CCN3C(=O)c4ccccc4C3=O)nc2c1. The summed E-state index contributed by atoms with van der Waals surface area (Å²) in [5.74, 6) is -0.877. The fourth-order valence-electron chi connectivity index (χ4n) is 3.33. The third-order valence-corrected chi connectivity index (χ3v) is 4.81. The molecule has 0 saturated carbocycles. The molecule has 7 nitrogen and oxygen atoms in total. The predicted octanol–water partition coefficient (Wildman–Crippen LogP) is 1.99. The van der Waals surface area contributed by atoms with Crippen molar-refractivity contribution < 1.29 is 14.4 Å². The van der Waals surface area contributed by atoms with Crippen LogP contribution in [0.5, 0.6) is 0 Å². The molecule has 1 aromatic carbocycles. The number of hydrogen-bond acceptors (Lipinski definition) is 4. The molecule has 1 aliphatic heterocycles. The first-order valence-corrected chi connectivity index (χ1v) is 9.19. The Morgan fingerprint density at radius 1 is 1.11 bits per heavy atom. The molecule has 7 heteroatoms. The maximum atomic E-state index is 12.3. The van der Waals surface area contributed by atoms with Gasteiger partial charge in [-0.3, -0.25) is 19.3 Å². The van der Waals surface area contributed by atoms with Crippen molar-refractivity contribution in [3.8, 4) is 0 Å². The van der Waals surface area contributed by atoms with Gasteiger partial charge in [0.15, 0.2) is 0 Å². The fourth-order valence-corrected chi connectivity index (χ4v) is 3.33. The molecule has 0 atom stereocenters. The summed E-state index contributed by atoms with van der Waals surface area (Å²) in [6, 6.07) is 10.7. The van der Waals surface area contributed by atoms with Gasteiger partial charge in [0.2, 0.25) is 5.91 Å². The van der Waals surface area contributed by atoms with Crippen molar-refractivity contribution >= 4 is 23.4 Å². The van der Waals surface area contributed by atoms with E-state index < -0.39 is 0 Å². The minimum atomic E-state index is -0.339. The molecule has 0 fully saturated rings. The van der Waals surface area contributed by atoms with E-state index in [0.717, 1.165) is 21.8 Å². The molecule has 142 valence electrons. The zero-order valence-electron chi connectivity index (χ0n) is 15.5. The Labute approximate surface area is 162 Å². The summed E-state index contributed by atoms with van der Waals surface area (Å²) in [5.41, 5.74) is 3.72. The number of rotatable bonds is 6. The number of carbonyl (C=O) groups excluding carboxylic acids is 3. The summed E-state index contributed by atoms with van der Waals surface area (Å²) in [6.45, 7) is 2.54. The second kappa shape index (κ2) is 7.26. The number of nitrogens with zero attached hydrogens (tertiary/aromatic N) is 3. The Morgan fingerprint density at radius 3 is 2.54 bits per heavy atom. The second-order valence-electron chi connectivity index (χ2n) is 6.86. The molecule has 0 saturated heterocycles. The first-order valence-electron chi connectivity index (χ1n) is 9.19. The number of hydrogen-bond donors (Lipinski definition) is 1. The van der Waals surface area contributed by atoms with Gasteiger partial charge in [-0.1, -0.05) is 12.1 Å². The van der Waals surface area contributed by atoms with E-state index in [-0.39, 0.29) is 30.7 Å². The Kier molecular flexibility index (Phi) is 4.65. The Morgan fingerprint density at radius 2 is 1.82 bits per heavy atom. The number of benzene rings is 1. The lowest BCUT2D eigenvalue weighted by Crippen LogP contribution is -2.35. The number of aromatic nitrogens is 2. The van der Waals surface area contributed by atoms with Crippen LogP contribution in [0, 0.1) is 6.92 Å². The lowest BCUT2D eigenvalue weighted by molar-refractivity contribution is -0.121. The minimum absolute atomic E-state index is 0.0752. The molecule has 4 rings (SSSR count). The van der Waals surface area contributed by atoms with E-state index in [1.165, 1.54) is 0 Å². The molecule has 1 N–H and O–H groups in total. The van der Waals surface area contributed by atoms with Crippen LogP contribution in [0.1, 0.15) is 38.4 Å². The molecule has 2 aromatic heterocycles. The molecule has 0 bridgehead atoms. The molecule has 1 aliphatic rings. The summed E-state index contributed by atoms with van der Waals surface area (Å²) >= 11 is 0. The van der Waals surface area contributed by atoms with Gasteiger partial charge in [0, 0.05) is 38.3 Å². The standard InChI is InChI=1S/C21H20N4O3/c1-14-7-10-24-13-15(23-18(24)12-14)6-9-22-19(26)8-11-25-20(27)16-4-2-3-5-17(16)21(25)28/h2-5,7,10,12-13H,6,8-9,11H2,1H3,(H,22,26). The van der Waals surface area contributed by atoms with Crippen molar-refractivity contribution in [2.45, 2.75) is 19.8 Å². The smallest absolute Gasteiger partial charge is 0.261 e. The Balaban J connectivity index is 1.27. The molecular formula is C21H20N4O3. The Bertz CT molecular complexity index is 1050. The molecule has 0 unspecified atom stereocenters. The van der Waals surface area contributed by atoms with Crippen LogP contribution in [0.15, 0.2) is 48.8 Å². The second-order valence-corrected chi connectivity index (χ2v) is 6.86. The summed E-state index contributed by atoms with van der Waals surface area (Å²) in [5, 5.41) is 2.82. The topological polar surface area (TPSA) is 83.8 Å². The van der Waals surface area contributed by atoms with E-state index in [1.807, 2.05) is 35.9 Å². The first kappa shape index (κ1) is 17.9. The van der Waals surface area contributed by atoms with E-state index in [1.54, 1.807) is 24.3 Å². The minimum Gasteiger partial charge on any atom is -0.356 e. The number of nitrogens with one attached hydrogen (secondary N) is 1. The van der Waals surface area contributed by atoms with Gasteiger partial charge in [-0.15, -0.1) is 0 Å². The van der Waals surface area contributed by atoms with E-state index in [9.17, 15) is 14.4 Å². The lowest BCUT2D eigenvalue weighted by atomic mass is 10.1. The van der Waals surface area contributed by atoms with Crippen LogP contribution in [0.25, 0.3) is 5.65 Å². The van der Waals surface area contributed by atoms with E-state index >= 15 is 0 Å². The van der Waals surface area contributed by atoms with Crippen LogP contribution < -0.4 is 5.32 Å². The van der Waals surface area contributed by atoms with E-state index in [4.69, 9.17) is 0 Å². The molecular weight excluding hydrogens is 356 g/mol. The van der Waals surface area contributed by atoms with Crippen LogP contribution in [0.2, 0.25) is 0 Å². The number of carbonyl (C=O) groups is 3. The van der Waals surface area contributed by atoms with E-state index in [2.05, 4.69) is 10.3 Å². The molecule has 28 heavy (non-hydrogen) atoms. The van der Waals surface area contributed by atoms with Crippen molar-refractivity contribution in [2.24, 2.45) is 0 Å². The average molecular weight is 376 g/mol. The molecule has 0 radical (unpaired) electrons. The van der Waals surface area contributed by atoms with Crippen molar-refractivity contribution in [1.82, 2.24) is 19.6 Å². The molecule has 0 spiro atoms. The highest BCUT2D eigenvalue weighted by molar-refractivity contribution is 6.21. The monoisotopic (exact) mass is 376 g/mol. The van der Waals surface area contributed by atoms with Gasteiger partial charge in [-0.05, 0) is 36.8 Å². The highest BCUT2D eigenvalue weighted by atomic mass is 16.2. The number of imidazole rings is 1. The van der Waals surface area contributed by atoms with Crippen LogP contribution in [0.3, 0.4) is 0 Å². The first-order chi connectivity index (χ1) is 13.5. The number of imide groups is 1.